The highest BCUT2D eigenvalue weighted by Crippen LogP contribution is 2.74. The van der Waals surface area contributed by atoms with Crippen LogP contribution in [0.5, 0.6) is 0 Å². The van der Waals surface area contributed by atoms with Crippen LogP contribution in [0.1, 0.15) is 62.6 Å². The largest absolute Gasteiger partial charge is 0.481 e. The van der Waals surface area contributed by atoms with E-state index < -0.39 is 101 Å². The molecule has 4 amide bonds. The second kappa shape index (κ2) is 20.7. The number of carboxylic acids is 1. The van der Waals surface area contributed by atoms with Crippen molar-refractivity contribution in [2.24, 2.45) is 34.0 Å². The van der Waals surface area contributed by atoms with Gasteiger partial charge in [-0.05, 0) is 127 Å². The molecule has 8 rings (SSSR count). The van der Waals surface area contributed by atoms with Crippen molar-refractivity contribution in [1.29, 1.82) is 0 Å². The minimum Gasteiger partial charge on any atom is -0.481 e. The van der Waals surface area contributed by atoms with Gasteiger partial charge >= 0.3 is 12.1 Å². The Hall–Kier alpha value is -6.31. The molecule has 0 radical (unpaired) electrons. The first kappa shape index (κ1) is 52.0. The van der Waals surface area contributed by atoms with Crippen molar-refractivity contribution in [3.8, 4) is 0 Å². The number of benzene rings is 3. The van der Waals surface area contributed by atoms with E-state index in [-0.39, 0.29) is 61.4 Å². The summed E-state index contributed by atoms with van der Waals surface area (Å²) in [5.74, 6) is -5.37. The summed E-state index contributed by atoms with van der Waals surface area (Å²) in [6.45, 7) is 2.95. The molecule has 382 valence electrons. The molecule has 10 atom stereocenters. The van der Waals surface area contributed by atoms with E-state index in [1.54, 1.807) is 43.3 Å². The average Bonchev–Trinajstić information content (AvgIpc) is 3.86. The molecule has 0 bridgehead atoms. The van der Waals surface area contributed by atoms with Gasteiger partial charge in [-0.25, -0.2) is 13.6 Å². The standard InChI is InChI=1S/C53H58BrF2N5O11/c1-50-17-16-37(63)21-40(50)41(55)22-39-38-20-33-26-61(29-52(33,44(65)27-62)51(38,2)23-43(64)53(39,50)56)36-12-8-30(9-13-36)18-32-4-3-5-35(19-32)59-49(71)72-28-31-6-10-34(11-7-31)58-48(70)42(14-15-47(68)69)60-46(67)25-57-45(66)24-54/h3-13,16-17,19,21,33,38-39,41-43,62,64H,14-15,18,20,22-29H2,1-2H3,(H,57,66)(H,58,70)(H,59,71)(H,60,67)(H,68,69)/t33-,38-,39-,41-,42-,43-,50-,51-,52+,53-/m0/s1. The van der Waals surface area contributed by atoms with E-state index in [9.17, 15) is 43.8 Å². The van der Waals surface area contributed by atoms with Crippen molar-refractivity contribution in [2.75, 3.05) is 47.1 Å². The third-order valence-electron chi connectivity index (χ3n) is 16.1. The summed E-state index contributed by atoms with van der Waals surface area (Å²) >= 11 is 2.97. The molecule has 3 aromatic rings. The summed E-state index contributed by atoms with van der Waals surface area (Å²) in [6.07, 6.45) is 0.0844. The van der Waals surface area contributed by atoms with E-state index >= 15 is 8.78 Å². The summed E-state index contributed by atoms with van der Waals surface area (Å²) in [4.78, 5) is 89.3. The monoisotopic (exact) mass is 1060 g/mol. The van der Waals surface area contributed by atoms with Gasteiger partial charge in [-0.2, -0.15) is 0 Å². The number of anilines is 3. The summed E-state index contributed by atoms with van der Waals surface area (Å²) in [7, 11) is 0. The number of alkyl halides is 3. The molecular formula is C53H58BrF2N5O11. The van der Waals surface area contributed by atoms with Crippen LogP contribution in [0, 0.1) is 34.0 Å². The van der Waals surface area contributed by atoms with Crippen LogP contribution in [-0.4, -0.2) is 112 Å². The number of Topliss-reactive ketones (excluding diaryl/α,β-unsaturated/α-hetero) is 1. The molecule has 7 N–H and O–H groups in total. The van der Waals surface area contributed by atoms with Crippen molar-refractivity contribution in [1.82, 2.24) is 10.6 Å². The molecule has 0 unspecified atom stereocenters. The molecule has 4 aliphatic carbocycles. The zero-order valence-electron chi connectivity index (χ0n) is 39.8. The second-order valence-electron chi connectivity index (χ2n) is 20.1. The lowest BCUT2D eigenvalue weighted by molar-refractivity contribution is -0.210. The number of carbonyl (C=O) groups excluding carboxylic acids is 6. The number of nitrogens with one attached hydrogen (secondary N) is 4. The first-order chi connectivity index (χ1) is 34.2. The predicted octanol–water partition coefficient (Wildman–Crippen LogP) is 5.74. The van der Waals surface area contributed by atoms with E-state index in [0.29, 0.717) is 36.3 Å². The molecule has 0 aromatic heterocycles. The second-order valence-corrected chi connectivity index (χ2v) is 20.7. The lowest BCUT2D eigenvalue weighted by atomic mass is 9.43. The van der Waals surface area contributed by atoms with Gasteiger partial charge in [0.1, 0.15) is 25.4 Å². The molecule has 1 heterocycles. The molecule has 3 saturated carbocycles. The number of aliphatic hydroxyl groups excluding tert-OH is 2. The van der Waals surface area contributed by atoms with Gasteiger partial charge in [0.2, 0.25) is 17.7 Å². The van der Waals surface area contributed by atoms with E-state index in [0.717, 1.165) is 16.8 Å². The third kappa shape index (κ3) is 9.69. The maximum atomic E-state index is 17.8. The normalized spacial score (nSPS) is 29.3. The Kier molecular flexibility index (Phi) is 14.9. The maximum Gasteiger partial charge on any atom is 0.411 e. The molecule has 3 aromatic carbocycles. The lowest BCUT2D eigenvalue weighted by Gasteiger charge is -2.63. The zero-order chi connectivity index (χ0) is 51.8. The summed E-state index contributed by atoms with van der Waals surface area (Å²) in [5, 5.41) is 41.6. The molecule has 72 heavy (non-hydrogen) atoms. The number of aliphatic carboxylic acids is 1. The van der Waals surface area contributed by atoms with Crippen molar-refractivity contribution < 1.29 is 62.4 Å². The van der Waals surface area contributed by atoms with E-state index in [2.05, 4.69) is 42.1 Å². The van der Waals surface area contributed by atoms with Crippen LogP contribution in [0.2, 0.25) is 0 Å². The Bertz CT molecular complexity index is 2710. The number of hydrogen-bond donors (Lipinski definition) is 7. The third-order valence-corrected chi connectivity index (χ3v) is 16.6. The maximum absolute atomic E-state index is 17.8. The van der Waals surface area contributed by atoms with Gasteiger partial charge in [0.05, 0.1) is 23.4 Å². The minimum absolute atomic E-state index is 0.0198. The predicted molar refractivity (Wildman–Crippen MR) is 264 cm³/mol. The average molecular weight is 1060 g/mol. The van der Waals surface area contributed by atoms with Crippen molar-refractivity contribution in [2.45, 2.75) is 83.0 Å². The Morgan fingerprint density at radius 3 is 2.33 bits per heavy atom. The van der Waals surface area contributed by atoms with E-state index in [4.69, 9.17) is 9.84 Å². The van der Waals surface area contributed by atoms with Crippen molar-refractivity contribution >= 4 is 74.3 Å². The Morgan fingerprint density at radius 2 is 1.64 bits per heavy atom. The molecule has 0 spiro atoms. The number of carbonyl (C=O) groups is 7. The first-order valence-corrected chi connectivity index (χ1v) is 25.1. The molecule has 19 heteroatoms. The number of hydrogen-bond acceptors (Lipinski definition) is 11. The summed E-state index contributed by atoms with van der Waals surface area (Å²) < 4.78 is 39.3. The van der Waals surface area contributed by atoms with Gasteiger partial charge in [-0.15, -0.1) is 0 Å². The van der Waals surface area contributed by atoms with Crippen molar-refractivity contribution in [3.63, 3.8) is 0 Å². The smallest absolute Gasteiger partial charge is 0.411 e. The fourth-order valence-corrected chi connectivity index (χ4v) is 12.9. The zero-order valence-corrected chi connectivity index (χ0v) is 41.4. The van der Waals surface area contributed by atoms with Crippen LogP contribution in [0.15, 0.2) is 96.6 Å². The fraction of sp³-hybridized carbons (Fsp3) is 0.453. The van der Waals surface area contributed by atoms with Crippen LogP contribution in [-0.2, 0) is 46.5 Å². The number of allylic oxidation sites excluding steroid dienone is 4. The van der Waals surface area contributed by atoms with Gasteiger partial charge < -0.3 is 40.9 Å². The Balaban J connectivity index is 0.856. The molecule has 16 nitrogen and oxygen atoms in total. The van der Waals surface area contributed by atoms with Gasteiger partial charge in [0.25, 0.3) is 0 Å². The number of ketones is 2. The van der Waals surface area contributed by atoms with Gasteiger partial charge in [0, 0.05) is 47.9 Å². The van der Waals surface area contributed by atoms with Gasteiger partial charge in [-0.1, -0.05) is 65.3 Å². The number of carboxylic acid groups (broad SMARTS) is 1. The molecular weight excluding hydrogens is 1000 g/mol. The number of aliphatic hydroxyl groups is 2. The highest BCUT2D eigenvalue weighted by atomic mass is 79.9. The highest BCUT2D eigenvalue weighted by Gasteiger charge is 2.78. The van der Waals surface area contributed by atoms with E-state index in [1.165, 1.54) is 18.2 Å². The van der Waals surface area contributed by atoms with E-state index in [1.807, 2.05) is 43.3 Å². The molecule has 1 saturated heterocycles. The minimum atomic E-state index is -2.26. The van der Waals surface area contributed by atoms with Crippen LogP contribution in [0.25, 0.3) is 0 Å². The summed E-state index contributed by atoms with van der Waals surface area (Å²) in [6, 6.07) is 20.3. The van der Waals surface area contributed by atoms with Gasteiger partial charge in [0.15, 0.2) is 17.2 Å². The molecule has 4 fully saturated rings. The van der Waals surface area contributed by atoms with Crippen LogP contribution >= 0.6 is 15.9 Å². The SMILES string of the molecule is C[C@]12C=CC(=O)C=C1[C@@H](F)C[C@H]1[C@@H]3C[C@H]4CN(c5ccc(Cc6cccc(NC(=O)OCc7ccc(NC(=O)[C@H](CCC(=O)O)NC(=O)CNC(=O)CBr)cc7)c6)cc5)C[C@@]4(C(=O)CO)[C@@]3(C)C[C@H](O)[C@@]12F. The van der Waals surface area contributed by atoms with Crippen molar-refractivity contribution in [3.05, 3.63) is 113 Å². The highest BCUT2D eigenvalue weighted by molar-refractivity contribution is 9.09. The van der Waals surface area contributed by atoms with Crippen LogP contribution in [0.3, 0.4) is 0 Å². The Labute approximate surface area is 423 Å². The molecule has 1 aliphatic heterocycles. The number of fused-ring (bicyclic) bond motifs is 7. The lowest BCUT2D eigenvalue weighted by Crippen LogP contribution is -2.69. The first-order valence-electron chi connectivity index (χ1n) is 23.9. The number of ether oxygens (including phenoxy) is 1. The van der Waals surface area contributed by atoms with Gasteiger partial charge in [-0.3, -0.25) is 34.1 Å². The summed E-state index contributed by atoms with van der Waals surface area (Å²) in [5.41, 5.74) is -1.65. The number of halogens is 3. The number of rotatable bonds is 17. The topological polar surface area (TPSA) is 241 Å². The molecule has 5 aliphatic rings. The quantitative estimate of drug-likeness (QED) is 0.0802. The number of nitrogens with zero attached hydrogens (tertiary/aromatic N) is 1. The number of amides is 4. The Morgan fingerprint density at radius 1 is 0.917 bits per heavy atom. The van der Waals surface area contributed by atoms with Crippen LogP contribution < -0.4 is 26.2 Å². The fourth-order valence-electron chi connectivity index (χ4n) is 12.7. The van der Waals surface area contributed by atoms with Crippen LogP contribution in [0.4, 0.5) is 30.6 Å².